The van der Waals surface area contributed by atoms with Gasteiger partial charge in [-0.05, 0) is 37.1 Å². The first-order valence-corrected chi connectivity index (χ1v) is 6.79. The molecule has 1 atom stereocenters. The monoisotopic (exact) mass is 293 g/mol. The lowest BCUT2D eigenvalue weighted by atomic mass is 10.1. The number of carboxylic acid groups (broad SMARTS) is 1. The predicted molar refractivity (Wildman–Crippen MR) is 75.4 cm³/mol. The molecule has 1 N–H and O–H groups in total. The van der Waals surface area contributed by atoms with E-state index in [1.807, 2.05) is 32.0 Å². The number of hydrogen-bond acceptors (Lipinski definition) is 4. The van der Waals surface area contributed by atoms with Crippen molar-refractivity contribution < 1.29 is 24.2 Å². The average Bonchev–Trinajstić information content (AvgIpc) is 2.44. The van der Waals surface area contributed by atoms with Crippen molar-refractivity contribution >= 4 is 11.9 Å². The highest BCUT2D eigenvalue weighted by Crippen LogP contribution is 2.16. The van der Waals surface area contributed by atoms with Crippen LogP contribution in [0.3, 0.4) is 0 Å². The summed E-state index contributed by atoms with van der Waals surface area (Å²) in [7, 11) is 0. The molecule has 2 rings (SSSR count). The molecule has 21 heavy (non-hydrogen) atoms. The summed E-state index contributed by atoms with van der Waals surface area (Å²) in [5.74, 6) is -0.643. The maximum absolute atomic E-state index is 12.1. The Morgan fingerprint density at radius 2 is 2.00 bits per heavy atom. The zero-order chi connectivity index (χ0) is 15.4. The number of carboxylic acids is 1. The van der Waals surface area contributed by atoms with Gasteiger partial charge in [0.2, 0.25) is 0 Å². The van der Waals surface area contributed by atoms with Crippen LogP contribution in [0.2, 0.25) is 0 Å². The van der Waals surface area contributed by atoms with E-state index < -0.39 is 12.1 Å². The predicted octanol–water partition coefficient (Wildman–Crippen LogP) is 0.994. The molecule has 1 aromatic carbocycles. The number of carbonyl (C=O) groups is 2. The summed E-state index contributed by atoms with van der Waals surface area (Å²) in [4.78, 5) is 24.4. The van der Waals surface area contributed by atoms with Crippen molar-refractivity contribution in [3.8, 4) is 5.75 Å². The zero-order valence-corrected chi connectivity index (χ0v) is 12.2. The van der Waals surface area contributed by atoms with Gasteiger partial charge in [0.05, 0.1) is 13.2 Å². The largest absolute Gasteiger partial charge is 0.484 e. The summed E-state index contributed by atoms with van der Waals surface area (Å²) in [6.07, 6.45) is -0.955. The molecular weight excluding hydrogens is 274 g/mol. The van der Waals surface area contributed by atoms with Crippen molar-refractivity contribution in [3.05, 3.63) is 29.3 Å². The van der Waals surface area contributed by atoms with Gasteiger partial charge >= 0.3 is 5.97 Å². The number of nitrogens with zero attached hydrogens (tertiary/aromatic N) is 1. The second kappa shape index (κ2) is 6.58. The molecule has 1 aliphatic rings. The molecule has 0 bridgehead atoms. The summed E-state index contributed by atoms with van der Waals surface area (Å²) in [5.41, 5.74) is 2.13. The van der Waals surface area contributed by atoms with Gasteiger partial charge in [0, 0.05) is 6.54 Å². The van der Waals surface area contributed by atoms with Crippen molar-refractivity contribution in [1.29, 1.82) is 0 Å². The van der Waals surface area contributed by atoms with Crippen molar-refractivity contribution in [1.82, 2.24) is 4.90 Å². The van der Waals surface area contributed by atoms with Crippen LogP contribution in [0.15, 0.2) is 18.2 Å². The number of hydrogen-bond donors (Lipinski definition) is 1. The molecule has 1 heterocycles. The summed E-state index contributed by atoms with van der Waals surface area (Å²) in [6, 6.07) is 5.74. The van der Waals surface area contributed by atoms with E-state index in [-0.39, 0.29) is 25.7 Å². The first-order chi connectivity index (χ1) is 9.95. The molecule has 1 aliphatic heterocycles. The minimum absolute atomic E-state index is 0.0599. The van der Waals surface area contributed by atoms with Gasteiger partial charge in [-0.25, -0.2) is 4.79 Å². The lowest BCUT2D eigenvalue weighted by molar-refractivity contribution is -0.159. The van der Waals surface area contributed by atoms with Crippen LogP contribution in [0.5, 0.6) is 5.75 Å². The molecule has 6 nitrogen and oxygen atoms in total. The van der Waals surface area contributed by atoms with Crippen molar-refractivity contribution in [2.24, 2.45) is 0 Å². The number of ether oxygens (including phenoxy) is 2. The summed E-state index contributed by atoms with van der Waals surface area (Å²) < 4.78 is 10.6. The van der Waals surface area contributed by atoms with E-state index in [4.69, 9.17) is 14.6 Å². The molecule has 0 spiro atoms. The summed E-state index contributed by atoms with van der Waals surface area (Å²) in [5, 5.41) is 8.91. The van der Waals surface area contributed by atoms with Crippen LogP contribution in [0.25, 0.3) is 0 Å². The third kappa shape index (κ3) is 4.19. The Bertz CT molecular complexity index is 523. The van der Waals surface area contributed by atoms with Gasteiger partial charge in [-0.3, -0.25) is 4.79 Å². The number of carbonyl (C=O) groups excluding carboxylic acids is 1. The molecule has 6 heteroatoms. The molecule has 114 valence electrons. The minimum Gasteiger partial charge on any atom is -0.484 e. The number of aryl methyl sites for hydroxylation is 2. The van der Waals surface area contributed by atoms with Crippen molar-refractivity contribution in [2.75, 3.05) is 26.3 Å². The van der Waals surface area contributed by atoms with Crippen LogP contribution in [-0.4, -0.2) is 54.3 Å². The Kier molecular flexibility index (Phi) is 4.80. The van der Waals surface area contributed by atoms with E-state index in [1.54, 1.807) is 0 Å². The fraction of sp³-hybridized carbons (Fsp3) is 0.467. The van der Waals surface area contributed by atoms with E-state index in [1.165, 1.54) is 4.90 Å². The number of amides is 1. The second-order valence-electron chi connectivity index (χ2n) is 5.15. The molecule has 1 saturated heterocycles. The number of morpholine rings is 1. The highest BCUT2D eigenvalue weighted by atomic mass is 16.5. The molecule has 1 unspecified atom stereocenters. The first kappa shape index (κ1) is 15.3. The standard InChI is InChI=1S/C15H19NO5/c1-10-5-11(2)7-12(6-10)21-9-14(17)16-3-4-20-13(8-16)15(18)19/h5-7,13H,3-4,8-9H2,1-2H3,(H,18,19). The lowest BCUT2D eigenvalue weighted by Gasteiger charge is -2.30. The third-order valence-electron chi connectivity index (χ3n) is 3.25. The fourth-order valence-electron chi connectivity index (χ4n) is 2.28. The van der Waals surface area contributed by atoms with Crippen LogP contribution in [0.1, 0.15) is 11.1 Å². The maximum atomic E-state index is 12.1. The Hall–Kier alpha value is -2.08. The van der Waals surface area contributed by atoms with Gasteiger partial charge in [-0.2, -0.15) is 0 Å². The Morgan fingerprint density at radius 3 is 2.62 bits per heavy atom. The third-order valence-corrected chi connectivity index (χ3v) is 3.25. The van der Waals surface area contributed by atoms with E-state index in [2.05, 4.69) is 0 Å². The normalized spacial score (nSPS) is 18.4. The molecule has 0 radical (unpaired) electrons. The molecule has 1 fully saturated rings. The Morgan fingerprint density at radius 1 is 1.33 bits per heavy atom. The molecule has 0 aromatic heterocycles. The minimum atomic E-state index is -1.05. The SMILES string of the molecule is Cc1cc(C)cc(OCC(=O)N2CCOC(C(=O)O)C2)c1. The van der Waals surface area contributed by atoms with Gasteiger partial charge in [-0.15, -0.1) is 0 Å². The van der Waals surface area contributed by atoms with E-state index in [9.17, 15) is 9.59 Å². The Labute approximate surface area is 123 Å². The van der Waals surface area contributed by atoms with Crippen LogP contribution in [-0.2, 0) is 14.3 Å². The maximum Gasteiger partial charge on any atom is 0.334 e. The molecule has 0 saturated carbocycles. The van der Waals surface area contributed by atoms with Crippen LogP contribution >= 0.6 is 0 Å². The van der Waals surface area contributed by atoms with Gasteiger partial charge in [0.15, 0.2) is 12.7 Å². The van der Waals surface area contributed by atoms with E-state index in [0.717, 1.165) is 11.1 Å². The molecule has 0 aliphatic carbocycles. The first-order valence-electron chi connectivity index (χ1n) is 6.79. The quantitative estimate of drug-likeness (QED) is 0.896. The Balaban J connectivity index is 1.90. The number of rotatable bonds is 4. The highest BCUT2D eigenvalue weighted by Gasteiger charge is 2.29. The van der Waals surface area contributed by atoms with E-state index in [0.29, 0.717) is 12.3 Å². The topological polar surface area (TPSA) is 76.1 Å². The smallest absolute Gasteiger partial charge is 0.334 e. The average molecular weight is 293 g/mol. The van der Waals surface area contributed by atoms with E-state index >= 15 is 0 Å². The van der Waals surface area contributed by atoms with Gasteiger partial charge < -0.3 is 19.5 Å². The van der Waals surface area contributed by atoms with Crippen LogP contribution in [0, 0.1) is 13.8 Å². The highest BCUT2D eigenvalue weighted by molar-refractivity contribution is 5.79. The van der Waals surface area contributed by atoms with Gasteiger partial charge in [-0.1, -0.05) is 6.07 Å². The molecular formula is C15H19NO5. The zero-order valence-electron chi connectivity index (χ0n) is 12.2. The number of benzene rings is 1. The molecule has 1 amide bonds. The van der Waals surface area contributed by atoms with Gasteiger partial charge in [0.1, 0.15) is 5.75 Å². The van der Waals surface area contributed by atoms with Crippen molar-refractivity contribution in [2.45, 2.75) is 20.0 Å². The lowest BCUT2D eigenvalue weighted by Crippen LogP contribution is -2.49. The second-order valence-corrected chi connectivity index (χ2v) is 5.15. The van der Waals surface area contributed by atoms with Crippen LogP contribution in [0.4, 0.5) is 0 Å². The van der Waals surface area contributed by atoms with Gasteiger partial charge in [0.25, 0.3) is 5.91 Å². The summed E-state index contributed by atoms with van der Waals surface area (Å²) in [6.45, 7) is 4.49. The summed E-state index contributed by atoms with van der Waals surface area (Å²) >= 11 is 0. The fourth-order valence-corrected chi connectivity index (χ4v) is 2.28. The van der Waals surface area contributed by atoms with Crippen LogP contribution < -0.4 is 4.74 Å². The molecule has 1 aromatic rings. The number of aliphatic carboxylic acids is 1. The van der Waals surface area contributed by atoms with Crippen molar-refractivity contribution in [3.63, 3.8) is 0 Å².